The van der Waals surface area contributed by atoms with Gasteiger partial charge in [-0.15, -0.1) is 0 Å². The molecule has 4 nitrogen and oxygen atoms in total. The molecule has 1 spiro atoms. The summed E-state index contributed by atoms with van der Waals surface area (Å²) in [4.78, 5) is 28.3. The van der Waals surface area contributed by atoms with Crippen molar-refractivity contribution in [3.05, 3.63) is 0 Å². The van der Waals surface area contributed by atoms with Crippen LogP contribution in [-0.2, 0) is 9.59 Å². The molecular formula is C21H36N2O2. The molecule has 2 amide bonds. The minimum atomic E-state index is 0.191. The van der Waals surface area contributed by atoms with Crippen molar-refractivity contribution < 1.29 is 9.59 Å². The van der Waals surface area contributed by atoms with Crippen molar-refractivity contribution in [2.75, 3.05) is 26.2 Å². The van der Waals surface area contributed by atoms with E-state index in [0.29, 0.717) is 23.7 Å². The van der Waals surface area contributed by atoms with E-state index in [4.69, 9.17) is 0 Å². The summed E-state index contributed by atoms with van der Waals surface area (Å²) >= 11 is 0. The van der Waals surface area contributed by atoms with Gasteiger partial charge in [-0.05, 0) is 56.3 Å². The lowest BCUT2D eigenvalue weighted by Gasteiger charge is -2.43. The number of likely N-dealkylation sites (tertiary alicyclic amines) is 2. The molecule has 2 aliphatic heterocycles. The van der Waals surface area contributed by atoms with E-state index in [0.717, 1.165) is 45.4 Å². The molecule has 3 fully saturated rings. The van der Waals surface area contributed by atoms with E-state index < -0.39 is 0 Å². The van der Waals surface area contributed by atoms with Gasteiger partial charge in [-0.3, -0.25) is 9.59 Å². The molecule has 0 bridgehead atoms. The fraction of sp³-hybridized carbons (Fsp3) is 0.905. The predicted molar refractivity (Wildman–Crippen MR) is 100 cm³/mol. The highest BCUT2D eigenvalue weighted by Crippen LogP contribution is 2.42. The van der Waals surface area contributed by atoms with Crippen LogP contribution in [0.4, 0.5) is 0 Å². The Bertz CT molecular complexity index is 461. The Morgan fingerprint density at radius 1 is 0.880 bits per heavy atom. The van der Waals surface area contributed by atoms with Crippen LogP contribution in [-0.4, -0.2) is 47.8 Å². The second-order valence-corrected chi connectivity index (χ2v) is 8.82. The van der Waals surface area contributed by atoms with Gasteiger partial charge in [-0.2, -0.15) is 0 Å². The molecule has 1 aliphatic carbocycles. The van der Waals surface area contributed by atoms with Crippen molar-refractivity contribution in [3.8, 4) is 0 Å². The van der Waals surface area contributed by atoms with Gasteiger partial charge in [0.25, 0.3) is 0 Å². The third kappa shape index (κ3) is 4.98. The number of piperidine rings is 2. The van der Waals surface area contributed by atoms with E-state index in [1.54, 1.807) is 6.92 Å². The molecule has 142 valence electrons. The van der Waals surface area contributed by atoms with Crippen LogP contribution < -0.4 is 0 Å². The van der Waals surface area contributed by atoms with Crippen LogP contribution >= 0.6 is 0 Å². The number of amides is 2. The number of nitrogens with zero attached hydrogens (tertiary/aromatic N) is 2. The Hall–Kier alpha value is -1.06. The summed E-state index contributed by atoms with van der Waals surface area (Å²) in [5.74, 6) is 1.20. The zero-order valence-electron chi connectivity index (χ0n) is 16.1. The quantitative estimate of drug-likeness (QED) is 0.774. The Balaban J connectivity index is 1.44. The summed E-state index contributed by atoms with van der Waals surface area (Å²) in [6.45, 7) is 5.41. The Morgan fingerprint density at radius 2 is 1.52 bits per heavy atom. The van der Waals surface area contributed by atoms with Gasteiger partial charge in [-0.25, -0.2) is 0 Å². The van der Waals surface area contributed by atoms with Crippen LogP contribution in [0.3, 0.4) is 0 Å². The summed E-state index contributed by atoms with van der Waals surface area (Å²) in [6, 6.07) is 0. The van der Waals surface area contributed by atoms with Crippen molar-refractivity contribution in [3.63, 3.8) is 0 Å². The van der Waals surface area contributed by atoms with Crippen LogP contribution in [0.1, 0.15) is 84.0 Å². The largest absolute Gasteiger partial charge is 0.343 e. The maximum Gasteiger partial charge on any atom is 0.222 e. The maximum absolute atomic E-state index is 12.8. The molecule has 3 aliphatic rings. The summed E-state index contributed by atoms with van der Waals surface area (Å²) in [5.41, 5.74) is 0.442. The summed E-state index contributed by atoms with van der Waals surface area (Å²) in [6.07, 6.45) is 14.5. The highest BCUT2D eigenvalue weighted by Gasteiger charge is 2.37. The Morgan fingerprint density at radius 3 is 2.16 bits per heavy atom. The second kappa shape index (κ2) is 8.55. The average Bonchev–Trinajstić information content (AvgIpc) is 2.85. The van der Waals surface area contributed by atoms with Gasteiger partial charge in [0.15, 0.2) is 0 Å². The fourth-order valence-electron chi connectivity index (χ4n) is 5.33. The molecule has 4 heteroatoms. The first-order valence-corrected chi connectivity index (χ1v) is 10.6. The minimum Gasteiger partial charge on any atom is -0.343 e. The molecule has 0 unspecified atom stereocenters. The van der Waals surface area contributed by atoms with Gasteiger partial charge in [-0.1, -0.05) is 25.7 Å². The highest BCUT2D eigenvalue weighted by atomic mass is 16.2. The lowest BCUT2D eigenvalue weighted by Crippen LogP contribution is -2.46. The molecule has 0 atom stereocenters. The number of carbonyl (C=O) groups excluding carboxylic acids is 2. The zero-order chi connectivity index (χ0) is 17.7. The van der Waals surface area contributed by atoms with Gasteiger partial charge in [0, 0.05) is 39.5 Å². The maximum atomic E-state index is 12.8. The molecule has 0 aromatic carbocycles. The molecule has 25 heavy (non-hydrogen) atoms. The highest BCUT2D eigenvalue weighted by molar-refractivity contribution is 5.76. The Kier molecular flexibility index (Phi) is 6.40. The molecule has 2 heterocycles. The smallest absolute Gasteiger partial charge is 0.222 e. The standard InChI is InChI=1S/C21H36N2O2/c1-18(24)22-15-9-19(10-16-22)7-8-20(25)23-14-6-13-21(17-23)11-4-2-3-5-12-21/h19H,2-17H2,1H3. The SMILES string of the molecule is CC(=O)N1CCC(CCC(=O)N2CCCC3(CCCCCC3)C2)CC1. The molecule has 0 aromatic rings. The predicted octanol–water partition coefficient (Wildman–Crippen LogP) is 3.99. The van der Waals surface area contributed by atoms with Gasteiger partial charge < -0.3 is 9.80 Å². The van der Waals surface area contributed by atoms with Gasteiger partial charge >= 0.3 is 0 Å². The Labute approximate surface area is 153 Å². The minimum absolute atomic E-state index is 0.191. The lowest BCUT2D eigenvalue weighted by molar-refractivity contribution is -0.136. The van der Waals surface area contributed by atoms with E-state index in [1.165, 1.54) is 51.4 Å². The molecule has 2 saturated heterocycles. The van der Waals surface area contributed by atoms with Crippen LogP contribution in [0.5, 0.6) is 0 Å². The second-order valence-electron chi connectivity index (χ2n) is 8.82. The van der Waals surface area contributed by atoms with E-state index in [9.17, 15) is 9.59 Å². The molecule has 1 saturated carbocycles. The average molecular weight is 349 g/mol. The van der Waals surface area contributed by atoms with Gasteiger partial charge in [0.1, 0.15) is 0 Å². The summed E-state index contributed by atoms with van der Waals surface area (Å²) in [5, 5.41) is 0. The van der Waals surface area contributed by atoms with Gasteiger partial charge in [0.05, 0.1) is 0 Å². The van der Waals surface area contributed by atoms with E-state index in [2.05, 4.69) is 4.90 Å². The van der Waals surface area contributed by atoms with Crippen LogP contribution in [0, 0.1) is 11.3 Å². The van der Waals surface area contributed by atoms with Crippen molar-refractivity contribution in [1.29, 1.82) is 0 Å². The monoisotopic (exact) mass is 348 g/mol. The number of hydrogen-bond acceptors (Lipinski definition) is 2. The third-order valence-electron chi connectivity index (χ3n) is 7.00. The number of carbonyl (C=O) groups is 2. The van der Waals surface area contributed by atoms with E-state index >= 15 is 0 Å². The normalized spacial score (nSPS) is 25.0. The first-order valence-electron chi connectivity index (χ1n) is 10.6. The van der Waals surface area contributed by atoms with Crippen LogP contribution in [0.25, 0.3) is 0 Å². The van der Waals surface area contributed by atoms with Gasteiger partial charge in [0.2, 0.25) is 11.8 Å². The molecule has 0 radical (unpaired) electrons. The number of hydrogen-bond donors (Lipinski definition) is 0. The molecule has 3 rings (SSSR count). The number of rotatable bonds is 3. The van der Waals surface area contributed by atoms with Crippen LogP contribution in [0.2, 0.25) is 0 Å². The topological polar surface area (TPSA) is 40.6 Å². The lowest BCUT2D eigenvalue weighted by atomic mass is 9.74. The van der Waals surface area contributed by atoms with Crippen molar-refractivity contribution in [2.24, 2.45) is 11.3 Å². The third-order valence-corrected chi connectivity index (χ3v) is 7.00. The summed E-state index contributed by atoms with van der Waals surface area (Å²) < 4.78 is 0. The van der Waals surface area contributed by atoms with E-state index in [-0.39, 0.29) is 5.91 Å². The fourth-order valence-corrected chi connectivity index (χ4v) is 5.33. The van der Waals surface area contributed by atoms with E-state index in [1.807, 2.05) is 4.90 Å². The molecule has 0 aromatic heterocycles. The molecule has 0 N–H and O–H groups in total. The van der Waals surface area contributed by atoms with Crippen molar-refractivity contribution in [2.45, 2.75) is 84.0 Å². The zero-order valence-corrected chi connectivity index (χ0v) is 16.1. The van der Waals surface area contributed by atoms with Crippen molar-refractivity contribution >= 4 is 11.8 Å². The first-order chi connectivity index (χ1) is 12.1. The van der Waals surface area contributed by atoms with Crippen LogP contribution in [0.15, 0.2) is 0 Å². The molecular weight excluding hydrogens is 312 g/mol. The van der Waals surface area contributed by atoms with Crippen molar-refractivity contribution in [1.82, 2.24) is 9.80 Å². The first kappa shape index (κ1) is 18.7. The summed E-state index contributed by atoms with van der Waals surface area (Å²) in [7, 11) is 0.